The number of hydrogen-bond acceptors (Lipinski definition) is 4. The first kappa shape index (κ1) is 17.7. The Kier molecular flexibility index (Phi) is 6.80. The molecule has 0 fully saturated rings. The predicted octanol–water partition coefficient (Wildman–Crippen LogP) is 4.34. The molecule has 0 aliphatic rings. The van der Waals surface area contributed by atoms with Crippen LogP contribution in [0.4, 0.5) is 5.69 Å². The molecule has 0 unspecified atom stereocenters. The number of ether oxygens (including phenoxy) is 2. The summed E-state index contributed by atoms with van der Waals surface area (Å²) in [7, 11) is 3.16. The molecule has 0 bridgehead atoms. The maximum atomic E-state index is 12.0. The molecule has 0 aromatic heterocycles. The first-order chi connectivity index (χ1) is 11.1. The third-order valence-electron chi connectivity index (χ3n) is 3.05. The fourth-order valence-electron chi connectivity index (χ4n) is 1.92. The van der Waals surface area contributed by atoms with Gasteiger partial charge in [0, 0.05) is 34.1 Å². The third kappa shape index (κ3) is 5.80. The van der Waals surface area contributed by atoms with E-state index in [9.17, 15) is 4.79 Å². The quantitative estimate of drug-likeness (QED) is 0.757. The minimum absolute atomic E-state index is 0.0533. The van der Waals surface area contributed by atoms with Gasteiger partial charge in [0.1, 0.15) is 11.5 Å². The van der Waals surface area contributed by atoms with Crippen molar-refractivity contribution in [3.8, 4) is 11.5 Å². The Hall–Kier alpha value is -1.66. The van der Waals surface area contributed by atoms with E-state index < -0.39 is 0 Å². The lowest BCUT2D eigenvalue weighted by atomic mass is 10.2. The molecular formula is C17H18BrNO3S. The summed E-state index contributed by atoms with van der Waals surface area (Å²) in [6, 6.07) is 13.4. The van der Waals surface area contributed by atoms with E-state index in [0.29, 0.717) is 22.9 Å². The molecule has 1 amide bonds. The second-order valence-corrected chi connectivity index (χ2v) is 6.67. The van der Waals surface area contributed by atoms with E-state index in [0.717, 1.165) is 10.2 Å². The maximum absolute atomic E-state index is 12.0. The highest BCUT2D eigenvalue weighted by molar-refractivity contribution is 9.10. The van der Waals surface area contributed by atoms with Gasteiger partial charge in [-0.1, -0.05) is 28.1 Å². The Labute approximate surface area is 148 Å². The molecule has 0 aliphatic heterocycles. The van der Waals surface area contributed by atoms with Crippen molar-refractivity contribution in [1.29, 1.82) is 0 Å². The topological polar surface area (TPSA) is 47.6 Å². The van der Waals surface area contributed by atoms with Crippen LogP contribution in [0.5, 0.6) is 11.5 Å². The van der Waals surface area contributed by atoms with Gasteiger partial charge in [-0.15, -0.1) is 11.8 Å². The minimum atomic E-state index is -0.0533. The summed E-state index contributed by atoms with van der Waals surface area (Å²) < 4.78 is 11.4. The van der Waals surface area contributed by atoms with Crippen molar-refractivity contribution >= 4 is 39.3 Å². The third-order valence-corrected chi connectivity index (χ3v) is 4.58. The van der Waals surface area contributed by atoms with Crippen molar-refractivity contribution in [3.63, 3.8) is 0 Å². The summed E-state index contributed by atoms with van der Waals surface area (Å²) in [6.07, 6.45) is 0. The fraction of sp³-hybridized carbons (Fsp3) is 0.235. The summed E-state index contributed by atoms with van der Waals surface area (Å²) in [6.45, 7) is 0. The van der Waals surface area contributed by atoms with Crippen molar-refractivity contribution in [2.24, 2.45) is 0 Å². The number of carbonyl (C=O) groups excluding carboxylic acids is 1. The van der Waals surface area contributed by atoms with E-state index in [-0.39, 0.29) is 5.91 Å². The molecule has 0 atom stereocenters. The summed E-state index contributed by atoms with van der Waals surface area (Å²) in [5, 5.41) is 2.86. The van der Waals surface area contributed by atoms with E-state index in [1.165, 1.54) is 5.56 Å². The van der Waals surface area contributed by atoms with Gasteiger partial charge in [-0.2, -0.15) is 0 Å². The fourth-order valence-corrected chi connectivity index (χ4v) is 2.97. The van der Waals surface area contributed by atoms with Crippen molar-refractivity contribution in [2.45, 2.75) is 5.75 Å². The highest BCUT2D eigenvalue weighted by Gasteiger charge is 2.06. The molecule has 0 aliphatic carbocycles. The number of halogens is 1. The Morgan fingerprint density at radius 1 is 1.09 bits per heavy atom. The zero-order valence-corrected chi connectivity index (χ0v) is 15.4. The zero-order valence-electron chi connectivity index (χ0n) is 13.0. The van der Waals surface area contributed by atoms with Crippen LogP contribution < -0.4 is 14.8 Å². The summed E-state index contributed by atoms with van der Waals surface area (Å²) in [4.78, 5) is 12.0. The van der Waals surface area contributed by atoms with E-state index in [2.05, 4.69) is 21.2 Å². The van der Waals surface area contributed by atoms with Crippen molar-refractivity contribution < 1.29 is 14.3 Å². The molecular weight excluding hydrogens is 378 g/mol. The molecule has 2 rings (SSSR count). The average molecular weight is 396 g/mol. The number of thioether (sulfide) groups is 1. The van der Waals surface area contributed by atoms with Gasteiger partial charge in [0.25, 0.3) is 0 Å². The number of nitrogens with one attached hydrogen (secondary N) is 1. The Morgan fingerprint density at radius 2 is 1.70 bits per heavy atom. The van der Waals surface area contributed by atoms with Gasteiger partial charge in [-0.25, -0.2) is 0 Å². The summed E-state index contributed by atoms with van der Waals surface area (Å²) >= 11 is 4.98. The standard InChI is InChI=1S/C17H18BrNO3S/c1-21-15-7-14(8-16(9-15)22-2)19-17(20)11-23-10-12-3-5-13(18)6-4-12/h3-9H,10-11H2,1-2H3,(H,19,20). The number of anilines is 1. The highest BCUT2D eigenvalue weighted by Crippen LogP contribution is 2.26. The van der Waals surface area contributed by atoms with Crippen molar-refractivity contribution in [3.05, 3.63) is 52.5 Å². The van der Waals surface area contributed by atoms with Crippen LogP contribution in [0.25, 0.3) is 0 Å². The van der Waals surface area contributed by atoms with Crippen molar-refractivity contribution in [1.82, 2.24) is 0 Å². The van der Waals surface area contributed by atoms with Gasteiger partial charge in [0.2, 0.25) is 5.91 Å². The minimum Gasteiger partial charge on any atom is -0.497 e. The first-order valence-corrected chi connectivity index (χ1v) is 8.90. The van der Waals surface area contributed by atoms with Gasteiger partial charge in [0.05, 0.1) is 20.0 Å². The molecule has 0 saturated heterocycles. The second-order valence-electron chi connectivity index (χ2n) is 4.77. The monoisotopic (exact) mass is 395 g/mol. The zero-order chi connectivity index (χ0) is 16.7. The van der Waals surface area contributed by atoms with Gasteiger partial charge in [-0.05, 0) is 17.7 Å². The molecule has 122 valence electrons. The largest absolute Gasteiger partial charge is 0.497 e. The van der Waals surface area contributed by atoms with Crippen LogP contribution in [0, 0.1) is 0 Å². The number of rotatable bonds is 7. The number of carbonyl (C=O) groups is 1. The first-order valence-electron chi connectivity index (χ1n) is 6.96. The van der Waals surface area contributed by atoms with Crippen LogP contribution in [-0.4, -0.2) is 25.9 Å². The molecule has 0 heterocycles. The van der Waals surface area contributed by atoms with Crippen LogP contribution in [-0.2, 0) is 10.5 Å². The lowest BCUT2D eigenvalue weighted by Gasteiger charge is -2.10. The number of benzene rings is 2. The lowest BCUT2D eigenvalue weighted by molar-refractivity contribution is -0.113. The molecule has 2 aromatic rings. The number of amides is 1. The maximum Gasteiger partial charge on any atom is 0.234 e. The van der Waals surface area contributed by atoms with Crippen LogP contribution in [0.2, 0.25) is 0 Å². The van der Waals surface area contributed by atoms with Gasteiger partial charge >= 0.3 is 0 Å². The molecule has 1 N–H and O–H groups in total. The second kappa shape index (κ2) is 8.84. The Balaban J connectivity index is 1.85. The molecule has 0 radical (unpaired) electrons. The normalized spacial score (nSPS) is 10.2. The average Bonchev–Trinajstić information content (AvgIpc) is 2.56. The lowest BCUT2D eigenvalue weighted by Crippen LogP contribution is -2.14. The predicted molar refractivity (Wildman–Crippen MR) is 98.5 cm³/mol. The van der Waals surface area contributed by atoms with Crippen molar-refractivity contribution in [2.75, 3.05) is 25.3 Å². The van der Waals surface area contributed by atoms with E-state index in [1.54, 1.807) is 44.2 Å². The Bertz CT molecular complexity index is 639. The molecule has 2 aromatic carbocycles. The van der Waals surface area contributed by atoms with Gasteiger partial charge < -0.3 is 14.8 Å². The summed E-state index contributed by atoms with van der Waals surface area (Å²) in [5.74, 6) is 2.41. The van der Waals surface area contributed by atoms with Crippen LogP contribution >= 0.6 is 27.7 Å². The van der Waals surface area contributed by atoms with Gasteiger partial charge in [0.15, 0.2) is 0 Å². The van der Waals surface area contributed by atoms with Crippen LogP contribution in [0.15, 0.2) is 46.9 Å². The summed E-state index contributed by atoms with van der Waals surface area (Å²) in [5.41, 5.74) is 1.85. The molecule has 0 spiro atoms. The molecule has 4 nitrogen and oxygen atoms in total. The van der Waals surface area contributed by atoms with Gasteiger partial charge in [-0.3, -0.25) is 4.79 Å². The highest BCUT2D eigenvalue weighted by atomic mass is 79.9. The van der Waals surface area contributed by atoms with E-state index in [4.69, 9.17) is 9.47 Å². The number of hydrogen-bond donors (Lipinski definition) is 1. The van der Waals surface area contributed by atoms with Crippen LogP contribution in [0.3, 0.4) is 0 Å². The molecule has 0 saturated carbocycles. The molecule has 6 heteroatoms. The Morgan fingerprint density at radius 3 is 2.26 bits per heavy atom. The molecule has 23 heavy (non-hydrogen) atoms. The van der Waals surface area contributed by atoms with Crippen LogP contribution in [0.1, 0.15) is 5.56 Å². The van der Waals surface area contributed by atoms with E-state index >= 15 is 0 Å². The SMILES string of the molecule is COc1cc(NC(=O)CSCc2ccc(Br)cc2)cc(OC)c1. The smallest absolute Gasteiger partial charge is 0.234 e. The number of methoxy groups -OCH3 is 2. The van der Waals surface area contributed by atoms with E-state index in [1.807, 2.05) is 24.3 Å².